The zero-order chi connectivity index (χ0) is 18.5. The van der Waals surface area contributed by atoms with Crippen molar-refractivity contribution in [2.75, 3.05) is 27.2 Å². The summed E-state index contributed by atoms with van der Waals surface area (Å²) in [5, 5.41) is 9.27. The van der Waals surface area contributed by atoms with Crippen molar-refractivity contribution in [2.45, 2.75) is 12.8 Å². The summed E-state index contributed by atoms with van der Waals surface area (Å²) >= 11 is 6.36. The molecule has 0 N–H and O–H groups in total. The first kappa shape index (κ1) is 18.2. The molecule has 3 aromatic rings. The number of imidazole rings is 1. The van der Waals surface area contributed by atoms with Crippen LogP contribution in [0.1, 0.15) is 18.4 Å². The van der Waals surface area contributed by atoms with E-state index in [1.165, 1.54) is 33.0 Å². The average Bonchev–Trinajstić information content (AvgIpc) is 3.35. The standard InChI is InChI=1S/C14H9ClN4O.C5H11N/c1-20-14-13-17-6-7-19(13)12(15)11(18-14)10-4-2-9(8-16)3-5-10;1-6-4-2-3-5-6/h2-7H,1H3;2-5H2,1H3. The Balaban J connectivity index is 0.000000278. The van der Waals surface area contributed by atoms with Gasteiger partial charge in [0.05, 0.1) is 18.7 Å². The Labute approximate surface area is 157 Å². The number of benzene rings is 1. The fraction of sp³-hybridized carbons (Fsp3) is 0.316. The molecule has 1 fully saturated rings. The topological polar surface area (TPSA) is 66.5 Å². The minimum Gasteiger partial charge on any atom is -0.478 e. The molecule has 0 radical (unpaired) electrons. The molecular weight excluding hydrogens is 350 g/mol. The Kier molecular flexibility index (Phi) is 5.71. The van der Waals surface area contributed by atoms with Crippen LogP contribution in [0.3, 0.4) is 0 Å². The number of fused-ring (bicyclic) bond motifs is 1. The first-order chi connectivity index (χ1) is 12.6. The van der Waals surface area contributed by atoms with E-state index in [2.05, 4.69) is 28.0 Å². The fourth-order valence-corrected chi connectivity index (χ4v) is 3.12. The highest BCUT2D eigenvalue weighted by atomic mass is 35.5. The maximum absolute atomic E-state index is 8.83. The van der Waals surface area contributed by atoms with E-state index in [0.29, 0.717) is 27.9 Å². The fourth-order valence-electron chi connectivity index (χ4n) is 2.83. The highest BCUT2D eigenvalue weighted by Gasteiger charge is 2.15. The first-order valence-corrected chi connectivity index (χ1v) is 8.77. The normalized spacial score (nSPS) is 13.9. The van der Waals surface area contributed by atoms with Crippen molar-refractivity contribution >= 4 is 17.2 Å². The second-order valence-electron chi connectivity index (χ2n) is 6.08. The molecule has 0 spiro atoms. The molecule has 0 bridgehead atoms. The van der Waals surface area contributed by atoms with E-state index < -0.39 is 0 Å². The Hall–Kier alpha value is -2.62. The molecule has 0 aliphatic carbocycles. The van der Waals surface area contributed by atoms with Gasteiger partial charge in [-0.05, 0) is 45.1 Å². The van der Waals surface area contributed by atoms with E-state index in [1.54, 1.807) is 41.1 Å². The number of aromatic nitrogens is 3. The van der Waals surface area contributed by atoms with Crippen LogP contribution in [-0.2, 0) is 0 Å². The van der Waals surface area contributed by atoms with Crippen molar-refractivity contribution in [1.29, 1.82) is 5.26 Å². The molecule has 1 saturated heterocycles. The molecule has 1 aliphatic rings. The molecule has 26 heavy (non-hydrogen) atoms. The number of nitriles is 1. The van der Waals surface area contributed by atoms with E-state index in [0.717, 1.165) is 5.56 Å². The lowest BCUT2D eigenvalue weighted by Crippen LogP contribution is -2.10. The van der Waals surface area contributed by atoms with Gasteiger partial charge in [0.25, 0.3) is 5.88 Å². The van der Waals surface area contributed by atoms with Crippen LogP contribution in [0, 0.1) is 11.3 Å². The highest BCUT2D eigenvalue weighted by molar-refractivity contribution is 6.32. The second kappa shape index (κ2) is 8.17. The van der Waals surface area contributed by atoms with Crippen molar-refractivity contribution in [2.24, 2.45) is 0 Å². The van der Waals surface area contributed by atoms with Crippen LogP contribution < -0.4 is 4.74 Å². The van der Waals surface area contributed by atoms with Crippen molar-refractivity contribution in [1.82, 2.24) is 19.3 Å². The molecule has 0 saturated carbocycles. The molecule has 4 rings (SSSR count). The number of ether oxygens (including phenoxy) is 1. The second-order valence-corrected chi connectivity index (χ2v) is 6.44. The number of hydrogen-bond acceptors (Lipinski definition) is 5. The van der Waals surface area contributed by atoms with Gasteiger partial charge in [-0.25, -0.2) is 9.97 Å². The van der Waals surface area contributed by atoms with Crippen LogP contribution in [0.15, 0.2) is 36.7 Å². The van der Waals surface area contributed by atoms with Gasteiger partial charge in [-0.1, -0.05) is 23.7 Å². The lowest BCUT2D eigenvalue weighted by molar-refractivity contribution is 0.400. The summed E-state index contributed by atoms with van der Waals surface area (Å²) in [5.41, 5.74) is 2.54. The van der Waals surface area contributed by atoms with Crippen LogP contribution in [0.25, 0.3) is 16.9 Å². The number of rotatable bonds is 2. The third kappa shape index (κ3) is 3.79. The van der Waals surface area contributed by atoms with E-state index in [9.17, 15) is 0 Å². The SMILES string of the molecule is CN1CCCC1.COc1nc(-c2ccc(C#N)cc2)c(Cl)n2ccnc12. The molecule has 3 heterocycles. The Morgan fingerprint density at radius 1 is 1.19 bits per heavy atom. The van der Waals surface area contributed by atoms with Crippen molar-refractivity contribution < 1.29 is 4.74 Å². The van der Waals surface area contributed by atoms with Crippen LogP contribution in [-0.4, -0.2) is 46.5 Å². The van der Waals surface area contributed by atoms with E-state index >= 15 is 0 Å². The molecule has 1 aromatic carbocycles. The van der Waals surface area contributed by atoms with Crippen molar-refractivity contribution in [3.05, 3.63) is 47.4 Å². The molecule has 0 atom stereocenters. The maximum Gasteiger partial charge on any atom is 0.258 e. The van der Waals surface area contributed by atoms with Crippen LogP contribution in [0.4, 0.5) is 0 Å². The van der Waals surface area contributed by atoms with Crippen LogP contribution >= 0.6 is 11.6 Å². The summed E-state index contributed by atoms with van der Waals surface area (Å²) < 4.78 is 6.95. The number of hydrogen-bond donors (Lipinski definition) is 0. The Bertz CT molecular complexity index is 923. The van der Waals surface area contributed by atoms with Gasteiger partial charge in [-0.2, -0.15) is 5.26 Å². The van der Waals surface area contributed by atoms with Gasteiger partial charge in [0.2, 0.25) is 5.65 Å². The maximum atomic E-state index is 8.83. The lowest BCUT2D eigenvalue weighted by atomic mass is 10.1. The Morgan fingerprint density at radius 3 is 2.42 bits per heavy atom. The largest absolute Gasteiger partial charge is 0.478 e. The van der Waals surface area contributed by atoms with Gasteiger partial charge in [0.15, 0.2) is 0 Å². The molecule has 0 unspecified atom stereocenters. The van der Waals surface area contributed by atoms with Gasteiger partial charge in [0, 0.05) is 18.0 Å². The van der Waals surface area contributed by atoms with Crippen LogP contribution in [0.2, 0.25) is 5.15 Å². The van der Waals surface area contributed by atoms with Gasteiger partial charge in [-0.3, -0.25) is 4.40 Å². The van der Waals surface area contributed by atoms with Crippen molar-refractivity contribution in [3.63, 3.8) is 0 Å². The summed E-state index contributed by atoms with van der Waals surface area (Å²) in [7, 11) is 3.71. The monoisotopic (exact) mass is 369 g/mol. The quantitative estimate of drug-likeness (QED) is 0.689. The average molecular weight is 370 g/mol. The number of likely N-dealkylation sites (tertiary alicyclic amines) is 1. The lowest BCUT2D eigenvalue weighted by Gasteiger charge is -2.09. The molecule has 7 heteroatoms. The zero-order valence-electron chi connectivity index (χ0n) is 14.8. The first-order valence-electron chi connectivity index (χ1n) is 8.39. The summed E-state index contributed by atoms with van der Waals surface area (Å²) in [6.07, 6.45) is 6.20. The number of halogens is 1. The third-order valence-corrected chi connectivity index (χ3v) is 4.62. The molecule has 2 aromatic heterocycles. The minimum atomic E-state index is 0.402. The molecule has 0 amide bonds. The Morgan fingerprint density at radius 2 is 1.88 bits per heavy atom. The predicted molar refractivity (Wildman–Crippen MR) is 101 cm³/mol. The smallest absolute Gasteiger partial charge is 0.258 e. The van der Waals surface area contributed by atoms with Crippen molar-refractivity contribution in [3.8, 4) is 23.2 Å². The molecule has 6 nitrogen and oxygen atoms in total. The molecule has 1 aliphatic heterocycles. The molecule has 134 valence electrons. The number of nitrogens with zero attached hydrogens (tertiary/aromatic N) is 5. The summed E-state index contributed by atoms with van der Waals surface area (Å²) in [4.78, 5) is 10.9. The van der Waals surface area contributed by atoms with Gasteiger partial charge in [0.1, 0.15) is 10.8 Å². The predicted octanol–water partition coefficient (Wildman–Crippen LogP) is 3.64. The van der Waals surface area contributed by atoms with E-state index in [4.69, 9.17) is 21.6 Å². The van der Waals surface area contributed by atoms with Gasteiger partial charge in [-0.15, -0.1) is 0 Å². The highest BCUT2D eigenvalue weighted by Crippen LogP contribution is 2.30. The number of methoxy groups -OCH3 is 1. The summed E-state index contributed by atoms with van der Waals surface area (Å²) in [6, 6.07) is 9.12. The summed E-state index contributed by atoms with van der Waals surface area (Å²) in [5.74, 6) is 0.402. The zero-order valence-corrected chi connectivity index (χ0v) is 15.6. The van der Waals surface area contributed by atoms with Gasteiger partial charge < -0.3 is 9.64 Å². The van der Waals surface area contributed by atoms with E-state index in [-0.39, 0.29) is 0 Å². The van der Waals surface area contributed by atoms with Gasteiger partial charge >= 0.3 is 0 Å². The summed E-state index contributed by atoms with van der Waals surface area (Å²) in [6.45, 7) is 2.64. The van der Waals surface area contributed by atoms with Crippen LogP contribution in [0.5, 0.6) is 5.88 Å². The molecular formula is C19H20ClN5O. The third-order valence-electron chi connectivity index (χ3n) is 4.26. The van der Waals surface area contributed by atoms with E-state index in [1.807, 2.05) is 0 Å². The minimum absolute atomic E-state index is 0.402.